The van der Waals surface area contributed by atoms with Gasteiger partial charge >= 0.3 is 0 Å². The maximum absolute atomic E-state index is 11.7. The molecule has 1 amide bonds. The Kier molecular flexibility index (Phi) is 6.92. The molecule has 0 spiro atoms. The highest BCUT2D eigenvalue weighted by Gasteiger charge is 2.20. The number of aromatic nitrogens is 2. The van der Waals surface area contributed by atoms with Crippen LogP contribution in [0.25, 0.3) is 10.5 Å². The Morgan fingerprint density at radius 3 is 2.48 bits per heavy atom. The normalized spacial score (nSPS) is 11.5. The van der Waals surface area contributed by atoms with E-state index in [9.17, 15) is 18.3 Å². The van der Waals surface area contributed by atoms with Crippen LogP contribution < -0.4 is 10.5 Å². The van der Waals surface area contributed by atoms with Crippen molar-refractivity contribution in [3.63, 3.8) is 0 Å². The number of sulfonamides is 1. The molecule has 0 unspecified atom stereocenters. The van der Waals surface area contributed by atoms with Gasteiger partial charge in [-0.15, -0.1) is 5.11 Å². The highest BCUT2D eigenvalue weighted by atomic mass is 35.5. The topological polar surface area (TPSA) is 156 Å². The quantitative estimate of drug-likeness (QED) is 0.238. The van der Waals surface area contributed by atoms with Gasteiger partial charge in [-0.1, -0.05) is 34.8 Å². The second-order valence-electron chi connectivity index (χ2n) is 6.36. The van der Waals surface area contributed by atoms with E-state index >= 15 is 0 Å². The van der Waals surface area contributed by atoms with E-state index in [2.05, 4.69) is 25.5 Å². The number of aromatic hydroxyl groups is 1. The maximum Gasteiger partial charge on any atom is 0.252 e. The third-order valence-electron chi connectivity index (χ3n) is 4.00. The lowest BCUT2D eigenvalue weighted by atomic mass is 10.2. The van der Waals surface area contributed by atoms with E-state index in [1.54, 1.807) is 0 Å². The molecule has 170 valence electrons. The smallest absolute Gasteiger partial charge is 0.252 e. The van der Waals surface area contributed by atoms with E-state index in [0.29, 0.717) is 0 Å². The fourth-order valence-electron chi connectivity index (χ4n) is 2.61. The van der Waals surface area contributed by atoms with Crippen LogP contribution in [-0.4, -0.2) is 29.2 Å². The van der Waals surface area contributed by atoms with E-state index in [1.165, 1.54) is 31.3 Å². The molecule has 3 rings (SSSR count). The van der Waals surface area contributed by atoms with Crippen molar-refractivity contribution in [1.29, 1.82) is 0 Å². The lowest BCUT2D eigenvalue weighted by molar-refractivity contribution is -0.114. The molecule has 3 aromatic rings. The second kappa shape index (κ2) is 9.34. The van der Waals surface area contributed by atoms with E-state index < -0.39 is 15.9 Å². The Bertz CT molecular complexity index is 1460. The number of halogens is 3. The average Bonchev–Trinajstić information content (AvgIpc) is 3.12. The van der Waals surface area contributed by atoms with Gasteiger partial charge in [-0.3, -0.25) is 4.79 Å². The first kappa shape index (κ1) is 24.4. The van der Waals surface area contributed by atoms with Crippen LogP contribution >= 0.6 is 34.8 Å². The first-order valence-electron chi connectivity index (χ1n) is 8.62. The number of hydrogen-bond donors (Lipinski definition) is 3. The minimum atomic E-state index is -4.13. The van der Waals surface area contributed by atoms with Crippen molar-refractivity contribution in [3.8, 4) is 11.4 Å². The van der Waals surface area contributed by atoms with Crippen LogP contribution in [0, 0.1) is 6.57 Å². The Morgan fingerprint density at radius 1 is 1.18 bits per heavy atom. The molecule has 15 heteroatoms. The van der Waals surface area contributed by atoms with Gasteiger partial charge in [0, 0.05) is 6.92 Å². The van der Waals surface area contributed by atoms with E-state index in [0.717, 1.165) is 10.7 Å². The van der Waals surface area contributed by atoms with Crippen LogP contribution in [0.3, 0.4) is 0 Å². The molecule has 0 saturated carbocycles. The molecule has 2 aromatic carbocycles. The zero-order chi connectivity index (χ0) is 24.5. The highest BCUT2D eigenvalue weighted by molar-refractivity contribution is 7.89. The lowest BCUT2D eigenvalue weighted by Crippen LogP contribution is -2.13. The lowest BCUT2D eigenvalue weighted by Gasteiger charge is -2.10. The average molecular weight is 529 g/mol. The second-order valence-corrected chi connectivity index (χ2v) is 9.11. The molecule has 0 saturated heterocycles. The molecule has 0 fully saturated rings. The Labute approximate surface area is 202 Å². The highest BCUT2D eigenvalue weighted by Crippen LogP contribution is 2.39. The number of nitrogens with one attached hydrogen (secondary N) is 1. The van der Waals surface area contributed by atoms with Crippen molar-refractivity contribution in [2.75, 3.05) is 5.32 Å². The fraction of sp³-hybridized carbons (Fsp3) is 0.0556. The third-order valence-corrected chi connectivity index (χ3v) is 5.97. The maximum atomic E-state index is 11.7. The number of rotatable bonds is 5. The van der Waals surface area contributed by atoms with Crippen LogP contribution in [0.1, 0.15) is 6.92 Å². The number of benzene rings is 2. The largest absolute Gasteiger partial charge is 0.504 e. The Hall–Kier alpha value is -3.21. The van der Waals surface area contributed by atoms with Gasteiger partial charge in [-0.05, 0) is 24.3 Å². The van der Waals surface area contributed by atoms with Crippen LogP contribution in [-0.2, 0) is 14.8 Å². The number of hydrogen-bond acceptors (Lipinski definition) is 7. The first-order valence-corrected chi connectivity index (χ1v) is 11.3. The number of azo groups is 1. The molecule has 0 atom stereocenters. The number of nitrogens with two attached hydrogens (primary N) is 1. The first-order chi connectivity index (χ1) is 15.4. The molecule has 0 bridgehead atoms. The SMILES string of the molecule is [C-]#[N+]c1cnn(-c2cc(Cl)c(S(N)(=O)=O)cc2Cl)c1N=Nc1cc(Cl)c(O)c(NC(C)=O)c1. The molecular weight excluding hydrogens is 517 g/mol. The van der Waals surface area contributed by atoms with Crippen LogP contribution in [0.15, 0.2) is 45.6 Å². The van der Waals surface area contributed by atoms with Gasteiger partial charge in [-0.25, -0.2) is 23.1 Å². The molecule has 0 radical (unpaired) electrons. The predicted octanol–water partition coefficient (Wildman–Crippen LogP) is 5.11. The standard InChI is InChI=1S/C18H12Cl3N7O4S/c1-8(29)25-13-4-9(3-12(21)17(13)30)26-27-18-14(23-2)7-24-28(18)15-5-11(20)16(6-10(15)19)33(22,31)32/h3-7,30H,1H3,(H,25,29)(H2,22,31,32). The van der Waals surface area contributed by atoms with Crippen LogP contribution in [0.2, 0.25) is 15.1 Å². The predicted molar refractivity (Wildman–Crippen MR) is 123 cm³/mol. The number of amides is 1. The van der Waals surface area contributed by atoms with Gasteiger partial charge in [0.25, 0.3) is 5.69 Å². The molecule has 1 heterocycles. The zero-order valence-electron chi connectivity index (χ0n) is 16.4. The molecule has 11 nitrogen and oxygen atoms in total. The fourth-order valence-corrected chi connectivity index (χ4v) is 4.23. The molecule has 4 N–H and O–H groups in total. The molecule has 1 aromatic heterocycles. The number of nitrogens with zero attached hydrogens (tertiary/aromatic N) is 5. The van der Waals surface area contributed by atoms with Crippen molar-refractivity contribution in [3.05, 3.63) is 56.9 Å². The van der Waals surface area contributed by atoms with Gasteiger partial charge in [0.1, 0.15) is 4.90 Å². The summed E-state index contributed by atoms with van der Waals surface area (Å²) in [4.78, 5) is 14.3. The Morgan fingerprint density at radius 2 is 1.88 bits per heavy atom. The minimum Gasteiger partial charge on any atom is -0.504 e. The van der Waals surface area contributed by atoms with E-state index in [4.69, 9.17) is 46.5 Å². The number of carbonyl (C=O) groups is 1. The summed E-state index contributed by atoms with van der Waals surface area (Å²) < 4.78 is 24.5. The molecule has 0 aliphatic rings. The summed E-state index contributed by atoms with van der Waals surface area (Å²) in [5, 5.41) is 29.2. The van der Waals surface area contributed by atoms with Crippen LogP contribution in [0.5, 0.6) is 5.75 Å². The Balaban J connectivity index is 2.12. The van der Waals surface area contributed by atoms with Crippen molar-refractivity contribution >= 4 is 73.6 Å². The number of phenols is 1. The minimum absolute atomic E-state index is 0.00609. The number of carbonyl (C=O) groups excluding carboxylic acids is 1. The number of phenolic OH excluding ortho intramolecular Hbond substituents is 1. The van der Waals surface area contributed by atoms with Crippen LogP contribution in [0.4, 0.5) is 22.9 Å². The summed E-state index contributed by atoms with van der Waals surface area (Å²) in [5.41, 5.74) is 0.254. The van der Waals surface area contributed by atoms with Crippen molar-refractivity contribution in [1.82, 2.24) is 9.78 Å². The summed E-state index contributed by atoms with van der Waals surface area (Å²) in [6, 6.07) is 4.85. The third kappa shape index (κ3) is 5.24. The van der Waals surface area contributed by atoms with Gasteiger partial charge in [0.2, 0.25) is 15.9 Å². The van der Waals surface area contributed by atoms with Crippen molar-refractivity contribution in [2.45, 2.75) is 11.8 Å². The van der Waals surface area contributed by atoms with Gasteiger partial charge in [-0.2, -0.15) is 10.2 Å². The number of primary sulfonamides is 1. The molecule has 0 aliphatic carbocycles. The summed E-state index contributed by atoms with van der Waals surface area (Å²) in [5.74, 6) is -0.857. The summed E-state index contributed by atoms with van der Waals surface area (Å²) in [6.45, 7) is 8.59. The summed E-state index contributed by atoms with van der Waals surface area (Å²) in [6.07, 6.45) is 1.20. The molecule has 0 aliphatic heterocycles. The summed E-state index contributed by atoms with van der Waals surface area (Å²) in [7, 11) is -4.13. The van der Waals surface area contributed by atoms with E-state index in [1.807, 2.05) is 0 Å². The molecule has 33 heavy (non-hydrogen) atoms. The zero-order valence-corrected chi connectivity index (χ0v) is 19.5. The monoisotopic (exact) mass is 527 g/mol. The summed E-state index contributed by atoms with van der Waals surface area (Å²) >= 11 is 18.2. The van der Waals surface area contributed by atoms with E-state index in [-0.39, 0.29) is 54.3 Å². The van der Waals surface area contributed by atoms with Gasteiger partial charge in [0.15, 0.2) is 11.6 Å². The molecular formula is C18H12Cl3N7O4S. The van der Waals surface area contributed by atoms with Crippen molar-refractivity contribution in [2.24, 2.45) is 15.4 Å². The van der Waals surface area contributed by atoms with Crippen molar-refractivity contribution < 1.29 is 18.3 Å². The number of anilines is 1. The van der Waals surface area contributed by atoms with Gasteiger partial charge < -0.3 is 10.4 Å². The van der Waals surface area contributed by atoms with Gasteiger partial charge in [0.05, 0.1) is 44.9 Å².